The molecule has 1 aliphatic rings. The molecule has 100 valence electrons. The number of aliphatic hydroxyl groups excluding tert-OH is 1. The Bertz CT molecular complexity index is 405. The molecule has 0 amide bonds. The smallest absolute Gasteiger partial charge is 0.393 e. The highest BCUT2D eigenvalue weighted by Crippen LogP contribution is 2.30. The van der Waals surface area contributed by atoms with Crippen LogP contribution >= 0.6 is 0 Å². The highest BCUT2D eigenvalue weighted by atomic mass is 19.4. The van der Waals surface area contributed by atoms with Gasteiger partial charge in [-0.05, 0) is 31.0 Å². The fourth-order valence-corrected chi connectivity index (χ4v) is 2.29. The van der Waals surface area contributed by atoms with E-state index in [2.05, 4.69) is 5.32 Å². The molecule has 0 aromatic heterocycles. The Morgan fingerprint density at radius 3 is 2.78 bits per heavy atom. The lowest BCUT2D eigenvalue weighted by molar-refractivity contribution is -0.137. The van der Waals surface area contributed by atoms with E-state index >= 15 is 0 Å². The van der Waals surface area contributed by atoms with E-state index in [-0.39, 0.29) is 5.92 Å². The first-order valence-electron chi connectivity index (χ1n) is 6.02. The highest BCUT2D eigenvalue weighted by molar-refractivity contribution is 5.26. The fraction of sp³-hybridized carbons (Fsp3) is 0.538. The summed E-state index contributed by atoms with van der Waals surface area (Å²) in [6.45, 7) is 1.41. The minimum absolute atomic E-state index is 0.0118. The Morgan fingerprint density at radius 2 is 2.11 bits per heavy atom. The Labute approximate surface area is 104 Å². The third kappa shape index (κ3) is 3.23. The van der Waals surface area contributed by atoms with Crippen molar-refractivity contribution >= 4 is 0 Å². The van der Waals surface area contributed by atoms with Crippen molar-refractivity contribution < 1.29 is 18.3 Å². The minimum atomic E-state index is -4.31. The summed E-state index contributed by atoms with van der Waals surface area (Å²) >= 11 is 0. The average molecular weight is 259 g/mol. The van der Waals surface area contributed by atoms with Gasteiger partial charge in [-0.2, -0.15) is 13.2 Å². The molecule has 1 aliphatic heterocycles. The first-order chi connectivity index (χ1) is 8.47. The Hall–Kier alpha value is -1.07. The lowest BCUT2D eigenvalue weighted by atomic mass is 9.89. The molecule has 2 atom stereocenters. The van der Waals surface area contributed by atoms with Gasteiger partial charge in [-0.25, -0.2) is 0 Å². The van der Waals surface area contributed by atoms with Crippen LogP contribution in [0.5, 0.6) is 0 Å². The van der Waals surface area contributed by atoms with Crippen LogP contribution in [0.15, 0.2) is 24.3 Å². The number of hydrogen-bond donors (Lipinski definition) is 2. The number of aliphatic hydroxyl groups is 1. The zero-order valence-corrected chi connectivity index (χ0v) is 9.87. The predicted octanol–water partition coefficient (Wildman–Crippen LogP) is 2.22. The SMILES string of the molecule is OC1CCNCC1Cc1cccc(C(F)(F)F)c1. The molecule has 1 fully saturated rings. The fourth-order valence-electron chi connectivity index (χ4n) is 2.29. The van der Waals surface area contributed by atoms with Gasteiger partial charge < -0.3 is 10.4 Å². The summed E-state index contributed by atoms with van der Waals surface area (Å²) in [5, 5.41) is 12.9. The number of rotatable bonds is 2. The van der Waals surface area contributed by atoms with Crippen molar-refractivity contribution in [2.45, 2.75) is 25.1 Å². The van der Waals surface area contributed by atoms with Crippen LogP contribution in [-0.2, 0) is 12.6 Å². The third-order valence-electron chi connectivity index (χ3n) is 3.32. The van der Waals surface area contributed by atoms with Crippen molar-refractivity contribution in [3.8, 4) is 0 Å². The van der Waals surface area contributed by atoms with Crippen LogP contribution in [0.2, 0.25) is 0 Å². The van der Waals surface area contributed by atoms with Gasteiger partial charge in [0.1, 0.15) is 0 Å². The second-order valence-corrected chi connectivity index (χ2v) is 4.72. The third-order valence-corrected chi connectivity index (χ3v) is 3.32. The van der Waals surface area contributed by atoms with Crippen LogP contribution in [0.1, 0.15) is 17.5 Å². The van der Waals surface area contributed by atoms with Crippen LogP contribution in [0.4, 0.5) is 13.2 Å². The van der Waals surface area contributed by atoms with Crippen LogP contribution in [0, 0.1) is 5.92 Å². The minimum Gasteiger partial charge on any atom is -0.393 e. The van der Waals surface area contributed by atoms with E-state index in [0.717, 1.165) is 12.6 Å². The van der Waals surface area contributed by atoms with Crippen LogP contribution in [0.3, 0.4) is 0 Å². The largest absolute Gasteiger partial charge is 0.416 e. The van der Waals surface area contributed by atoms with E-state index in [4.69, 9.17) is 0 Å². The zero-order chi connectivity index (χ0) is 13.2. The van der Waals surface area contributed by atoms with Gasteiger partial charge in [-0.15, -0.1) is 0 Å². The summed E-state index contributed by atoms with van der Waals surface area (Å²) in [7, 11) is 0. The van der Waals surface area contributed by atoms with Crippen molar-refractivity contribution in [3.63, 3.8) is 0 Å². The molecule has 2 N–H and O–H groups in total. The summed E-state index contributed by atoms with van der Waals surface area (Å²) in [4.78, 5) is 0. The molecule has 1 aromatic rings. The summed E-state index contributed by atoms with van der Waals surface area (Å²) < 4.78 is 37.7. The molecule has 1 saturated heterocycles. The molecule has 1 heterocycles. The van der Waals surface area contributed by atoms with Gasteiger partial charge in [0.25, 0.3) is 0 Å². The Balaban J connectivity index is 2.09. The normalized spacial score (nSPS) is 25.1. The number of alkyl halides is 3. The van der Waals surface area contributed by atoms with Gasteiger partial charge in [0.2, 0.25) is 0 Å². The van der Waals surface area contributed by atoms with Gasteiger partial charge in [0.15, 0.2) is 0 Å². The van der Waals surface area contributed by atoms with Crippen molar-refractivity contribution in [2.75, 3.05) is 13.1 Å². The molecule has 2 rings (SSSR count). The monoisotopic (exact) mass is 259 g/mol. The Morgan fingerprint density at radius 1 is 1.33 bits per heavy atom. The lowest BCUT2D eigenvalue weighted by Gasteiger charge is -2.28. The van der Waals surface area contributed by atoms with E-state index in [1.165, 1.54) is 12.1 Å². The number of hydrogen-bond acceptors (Lipinski definition) is 2. The first kappa shape index (κ1) is 13.4. The molecule has 0 bridgehead atoms. The molecular weight excluding hydrogens is 243 g/mol. The molecule has 5 heteroatoms. The molecule has 0 spiro atoms. The molecule has 0 aliphatic carbocycles. The average Bonchev–Trinajstić information content (AvgIpc) is 2.31. The summed E-state index contributed by atoms with van der Waals surface area (Å²) in [6, 6.07) is 5.33. The molecule has 2 unspecified atom stereocenters. The highest BCUT2D eigenvalue weighted by Gasteiger charge is 2.31. The lowest BCUT2D eigenvalue weighted by Crippen LogP contribution is -2.40. The molecular formula is C13H16F3NO. The van der Waals surface area contributed by atoms with Crippen molar-refractivity contribution in [1.82, 2.24) is 5.32 Å². The summed E-state index contributed by atoms with van der Waals surface area (Å²) in [5.41, 5.74) is -0.00386. The number of benzene rings is 1. The molecule has 18 heavy (non-hydrogen) atoms. The van der Waals surface area contributed by atoms with Gasteiger partial charge in [0, 0.05) is 12.5 Å². The van der Waals surface area contributed by atoms with Crippen LogP contribution in [0.25, 0.3) is 0 Å². The zero-order valence-electron chi connectivity index (χ0n) is 9.87. The van der Waals surface area contributed by atoms with Gasteiger partial charge in [-0.3, -0.25) is 0 Å². The second kappa shape index (κ2) is 5.28. The van der Waals surface area contributed by atoms with E-state index in [0.29, 0.717) is 24.9 Å². The van der Waals surface area contributed by atoms with Crippen molar-refractivity contribution in [1.29, 1.82) is 0 Å². The maximum absolute atomic E-state index is 12.6. The molecule has 0 saturated carbocycles. The summed E-state index contributed by atoms with van der Waals surface area (Å²) in [5.74, 6) is -0.0118. The van der Waals surface area contributed by atoms with Crippen LogP contribution in [-0.4, -0.2) is 24.3 Å². The van der Waals surface area contributed by atoms with Gasteiger partial charge in [0.05, 0.1) is 11.7 Å². The van der Waals surface area contributed by atoms with Gasteiger partial charge in [-0.1, -0.05) is 18.2 Å². The molecule has 1 aromatic carbocycles. The topological polar surface area (TPSA) is 32.3 Å². The van der Waals surface area contributed by atoms with Crippen LogP contribution < -0.4 is 5.32 Å². The molecule has 2 nitrogen and oxygen atoms in total. The van der Waals surface area contributed by atoms with Crippen molar-refractivity contribution in [3.05, 3.63) is 35.4 Å². The standard InChI is InChI=1S/C13H16F3NO/c14-13(15,16)11-3-1-2-9(7-11)6-10-8-17-5-4-12(10)18/h1-3,7,10,12,17-18H,4-6,8H2. The number of halogens is 3. The van der Waals surface area contributed by atoms with Gasteiger partial charge >= 0.3 is 6.18 Å². The van der Waals surface area contributed by atoms with E-state index < -0.39 is 17.8 Å². The maximum atomic E-state index is 12.6. The maximum Gasteiger partial charge on any atom is 0.416 e. The summed E-state index contributed by atoms with van der Waals surface area (Å²) in [6.07, 6.45) is -3.61. The molecule has 0 radical (unpaired) electrons. The van der Waals surface area contributed by atoms with E-state index in [1.54, 1.807) is 6.07 Å². The number of piperidine rings is 1. The second-order valence-electron chi connectivity index (χ2n) is 4.72. The number of nitrogens with one attached hydrogen (secondary N) is 1. The predicted molar refractivity (Wildman–Crippen MR) is 62.1 cm³/mol. The van der Waals surface area contributed by atoms with E-state index in [9.17, 15) is 18.3 Å². The Kier molecular flexibility index (Phi) is 3.92. The van der Waals surface area contributed by atoms with Crippen molar-refractivity contribution in [2.24, 2.45) is 5.92 Å². The quantitative estimate of drug-likeness (QED) is 0.853. The van der Waals surface area contributed by atoms with E-state index in [1.807, 2.05) is 0 Å². The first-order valence-corrected chi connectivity index (χ1v) is 6.02.